The number of oxazole rings is 1. The molecule has 3 aromatic rings. The number of nitrogens with one attached hydrogen (secondary N) is 1. The largest absolute Gasteiger partial charge is 0.423 e. The maximum absolute atomic E-state index is 12.1. The Morgan fingerprint density at radius 3 is 2.73 bits per heavy atom. The highest BCUT2D eigenvalue weighted by atomic mass is 35.5. The fraction of sp³-hybridized carbons (Fsp3) is 0. The van der Waals surface area contributed by atoms with Gasteiger partial charge >= 0.3 is 6.01 Å². The van der Waals surface area contributed by atoms with Crippen LogP contribution in [0.15, 0.2) is 46.9 Å². The highest BCUT2D eigenvalue weighted by molar-refractivity contribution is 6.34. The second kappa shape index (κ2) is 5.45. The van der Waals surface area contributed by atoms with Gasteiger partial charge in [0.05, 0.1) is 15.5 Å². The third-order valence-electron chi connectivity index (χ3n) is 2.92. The number of nitrogens with zero attached hydrogens (tertiary/aromatic N) is 2. The van der Waals surface area contributed by atoms with E-state index in [2.05, 4.69) is 10.3 Å². The number of nitro groups is 1. The van der Waals surface area contributed by atoms with E-state index in [9.17, 15) is 14.9 Å². The molecular formula is C14H8ClN3O4. The van der Waals surface area contributed by atoms with E-state index in [1.54, 1.807) is 24.3 Å². The lowest BCUT2D eigenvalue weighted by molar-refractivity contribution is -0.384. The highest BCUT2D eigenvalue weighted by Crippen LogP contribution is 2.24. The van der Waals surface area contributed by atoms with Crippen molar-refractivity contribution in [3.63, 3.8) is 0 Å². The zero-order valence-corrected chi connectivity index (χ0v) is 11.7. The van der Waals surface area contributed by atoms with Crippen molar-refractivity contribution in [3.8, 4) is 0 Å². The second-order valence-electron chi connectivity index (χ2n) is 4.36. The van der Waals surface area contributed by atoms with Gasteiger partial charge in [-0.15, -0.1) is 0 Å². The normalized spacial score (nSPS) is 10.6. The molecule has 22 heavy (non-hydrogen) atoms. The first-order valence-corrected chi connectivity index (χ1v) is 6.53. The highest BCUT2D eigenvalue weighted by Gasteiger charge is 2.17. The van der Waals surface area contributed by atoms with Gasteiger partial charge in [-0.05, 0) is 18.2 Å². The van der Waals surface area contributed by atoms with Gasteiger partial charge in [-0.25, -0.2) is 0 Å². The van der Waals surface area contributed by atoms with Gasteiger partial charge in [0.1, 0.15) is 5.52 Å². The Bertz CT molecular complexity index is 858. The van der Waals surface area contributed by atoms with E-state index >= 15 is 0 Å². The van der Waals surface area contributed by atoms with Crippen LogP contribution < -0.4 is 5.32 Å². The molecule has 1 aromatic heterocycles. The van der Waals surface area contributed by atoms with Gasteiger partial charge in [-0.2, -0.15) is 4.98 Å². The lowest BCUT2D eigenvalue weighted by Crippen LogP contribution is -2.12. The number of amides is 1. The van der Waals surface area contributed by atoms with Crippen molar-refractivity contribution in [2.45, 2.75) is 0 Å². The summed E-state index contributed by atoms with van der Waals surface area (Å²) < 4.78 is 5.37. The number of carbonyl (C=O) groups is 1. The first-order chi connectivity index (χ1) is 10.5. The average molecular weight is 318 g/mol. The monoisotopic (exact) mass is 317 g/mol. The van der Waals surface area contributed by atoms with E-state index in [1.807, 2.05) is 0 Å². The summed E-state index contributed by atoms with van der Waals surface area (Å²) in [5.41, 5.74) is 1.04. The molecule has 0 radical (unpaired) electrons. The van der Waals surface area contributed by atoms with Gasteiger partial charge in [0.25, 0.3) is 11.6 Å². The maximum Gasteiger partial charge on any atom is 0.302 e. The Kier molecular flexibility index (Phi) is 3.48. The number of para-hydroxylation sites is 2. The van der Waals surface area contributed by atoms with Crippen molar-refractivity contribution < 1.29 is 14.1 Å². The summed E-state index contributed by atoms with van der Waals surface area (Å²) in [6.45, 7) is 0. The van der Waals surface area contributed by atoms with Gasteiger partial charge in [0, 0.05) is 12.1 Å². The number of aromatic nitrogens is 1. The predicted octanol–water partition coefficient (Wildman–Crippen LogP) is 3.64. The molecule has 0 bridgehead atoms. The van der Waals surface area contributed by atoms with Crippen molar-refractivity contribution in [1.82, 2.24) is 4.98 Å². The van der Waals surface area contributed by atoms with Gasteiger partial charge in [0.2, 0.25) is 0 Å². The molecule has 0 fully saturated rings. The molecule has 0 atom stereocenters. The molecule has 0 aliphatic carbocycles. The molecule has 1 heterocycles. The molecule has 3 rings (SSSR count). The predicted molar refractivity (Wildman–Crippen MR) is 80.1 cm³/mol. The molecular weight excluding hydrogens is 310 g/mol. The number of rotatable bonds is 3. The van der Waals surface area contributed by atoms with Crippen molar-refractivity contribution >= 4 is 40.3 Å². The number of halogens is 1. The lowest BCUT2D eigenvalue weighted by Gasteiger charge is -2.03. The fourth-order valence-electron chi connectivity index (χ4n) is 1.89. The minimum atomic E-state index is -0.589. The smallest absolute Gasteiger partial charge is 0.302 e. The Balaban J connectivity index is 1.86. The number of carbonyl (C=O) groups excluding carboxylic acids is 1. The summed E-state index contributed by atoms with van der Waals surface area (Å²) >= 11 is 5.90. The molecule has 0 unspecified atom stereocenters. The van der Waals surface area contributed by atoms with E-state index in [1.165, 1.54) is 12.1 Å². The third-order valence-corrected chi connectivity index (χ3v) is 3.24. The van der Waals surface area contributed by atoms with Gasteiger partial charge in [0.15, 0.2) is 5.58 Å². The minimum Gasteiger partial charge on any atom is -0.423 e. The van der Waals surface area contributed by atoms with Crippen LogP contribution in [0.3, 0.4) is 0 Å². The van der Waals surface area contributed by atoms with Gasteiger partial charge < -0.3 is 4.42 Å². The lowest BCUT2D eigenvalue weighted by atomic mass is 10.2. The molecule has 2 aromatic carbocycles. The summed E-state index contributed by atoms with van der Waals surface area (Å²) in [6, 6.07) is 10.7. The Morgan fingerprint density at radius 1 is 1.27 bits per heavy atom. The molecule has 1 amide bonds. The number of fused-ring (bicyclic) bond motifs is 1. The number of anilines is 1. The molecule has 0 saturated carbocycles. The molecule has 8 heteroatoms. The van der Waals surface area contributed by atoms with Crippen LogP contribution in [0.4, 0.5) is 11.7 Å². The number of nitro benzene ring substituents is 1. The summed E-state index contributed by atoms with van der Waals surface area (Å²) in [6.07, 6.45) is 0. The Morgan fingerprint density at radius 2 is 2.05 bits per heavy atom. The van der Waals surface area contributed by atoms with E-state index in [0.717, 1.165) is 6.07 Å². The maximum atomic E-state index is 12.1. The quantitative estimate of drug-likeness (QED) is 0.587. The molecule has 0 aliphatic heterocycles. The number of hydrogen-bond donors (Lipinski definition) is 1. The van der Waals surface area contributed by atoms with Crippen LogP contribution in [0, 0.1) is 10.1 Å². The summed E-state index contributed by atoms with van der Waals surface area (Å²) in [4.78, 5) is 26.3. The molecule has 0 spiro atoms. The minimum absolute atomic E-state index is 0.0252. The van der Waals surface area contributed by atoms with Gasteiger partial charge in [-0.1, -0.05) is 23.7 Å². The van der Waals surface area contributed by atoms with Crippen LogP contribution in [0.25, 0.3) is 11.1 Å². The van der Waals surface area contributed by atoms with Crippen molar-refractivity contribution in [2.24, 2.45) is 0 Å². The second-order valence-corrected chi connectivity index (χ2v) is 4.77. The molecule has 0 saturated heterocycles. The van der Waals surface area contributed by atoms with Crippen LogP contribution in [-0.4, -0.2) is 15.8 Å². The van der Waals surface area contributed by atoms with Gasteiger partial charge in [-0.3, -0.25) is 20.2 Å². The summed E-state index contributed by atoms with van der Waals surface area (Å²) in [5.74, 6) is -0.563. The van der Waals surface area contributed by atoms with E-state index in [4.69, 9.17) is 16.0 Å². The van der Waals surface area contributed by atoms with Crippen LogP contribution in [0.1, 0.15) is 10.4 Å². The zero-order chi connectivity index (χ0) is 15.7. The summed E-state index contributed by atoms with van der Waals surface area (Å²) in [7, 11) is 0. The summed E-state index contributed by atoms with van der Waals surface area (Å²) in [5, 5.41) is 13.1. The first-order valence-electron chi connectivity index (χ1n) is 6.15. The van der Waals surface area contributed by atoms with E-state index < -0.39 is 10.8 Å². The first kappa shape index (κ1) is 14.0. The molecule has 110 valence electrons. The van der Waals surface area contributed by atoms with Crippen LogP contribution >= 0.6 is 11.6 Å². The van der Waals surface area contributed by atoms with Crippen LogP contribution in [-0.2, 0) is 0 Å². The Hall–Kier alpha value is -2.93. The topological polar surface area (TPSA) is 98.3 Å². The Labute approximate surface area is 128 Å². The SMILES string of the molecule is O=C(Nc1nc2ccccc2o1)c1ccc([N+](=O)[O-])cc1Cl. The molecule has 7 nitrogen and oxygen atoms in total. The molecule has 1 N–H and O–H groups in total. The number of benzene rings is 2. The zero-order valence-electron chi connectivity index (χ0n) is 10.9. The van der Waals surface area contributed by atoms with Crippen LogP contribution in [0.2, 0.25) is 5.02 Å². The van der Waals surface area contributed by atoms with E-state index in [-0.39, 0.29) is 22.3 Å². The van der Waals surface area contributed by atoms with Crippen molar-refractivity contribution in [3.05, 3.63) is 63.2 Å². The number of non-ortho nitro benzene ring substituents is 1. The fourth-order valence-corrected chi connectivity index (χ4v) is 2.15. The third kappa shape index (κ3) is 2.61. The number of hydrogen-bond acceptors (Lipinski definition) is 5. The van der Waals surface area contributed by atoms with Crippen LogP contribution in [0.5, 0.6) is 0 Å². The van der Waals surface area contributed by atoms with E-state index in [0.29, 0.717) is 11.1 Å². The van der Waals surface area contributed by atoms with Crippen molar-refractivity contribution in [2.75, 3.05) is 5.32 Å². The standard InChI is InChI=1S/C14H8ClN3O4/c15-10-7-8(18(20)21)5-6-9(10)13(19)17-14-16-11-3-1-2-4-12(11)22-14/h1-7H,(H,16,17,19). The molecule has 0 aliphatic rings. The average Bonchev–Trinajstić information content (AvgIpc) is 2.88. The van der Waals surface area contributed by atoms with Crippen molar-refractivity contribution in [1.29, 1.82) is 0 Å².